The van der Waals surface area contributed by atoms with E-state index in [-0.39, 0.29) is 19.5 Å². The Bertz CT molecular complexity index is 90.7. The van der Waals surface area contributed by atoms with Crippen LogP contribution in [0.25, 0.3) is 0 Å². The van der Waals surface area contributed by atoms with Crippen LogP contribution < -0.4 is 0 Å². The fourth-order valence-corrected chi connectivity index (χ4v) is 0. The van der Waals surface area contributed by atoms with Gasteiger partial charge in [-0.2, -0.15) is 0 Å². The van der Waals surface area contributed by atoms with E-state index in [0.29, 0.717) is 0 Å². The Labute approximate surface area is 47.9 Å². The van der Waals surface area contributed by atoms with E-state index in [1.54, 1.807) is 0 Å². The standard InChI is InChI=1S/H2O4S.Zn/c1-5(2,3)4;/h(H2,1,2,3,4);/p-2. The second kappa shape index (κ2) is 2.63. The molecule has 0 N–H and O–H groups in total. The molecule has 0 radical (unpaired) electrons. The van der Waals surface area contributed by atoms with Crippen LogP contribution in [0.5, 0.6) is 0 Å². The van der Waals surface area contributed by atoms with Gasteiger partial charge in [0.15, 0.2) is 0 Å². The average molecular weight is 161 g/mol. The third-order valence-electron chi connectivity index (χ3n) is 0. The van der Waals surface area contributed by atoms with Crippen LogP contribution in [-0.4, -0.2) is 17.5 Å². The molecule has 34 valence electrons. The maximum atomic E-state index is 8.52. The molecule has 0 aromatic heterocycles. The monoisotopic (exact) mass is 160 g/mol. The van der Waals surface area contributed by atoms with Crippen molar-refractivity contribution in [3.05, 3.63) is 0 Å². The van der Waals surface area contributed by atoms with Crippen molar-refractivity contribution in [2.45, 2.75) is 0 Å². The summed E-state index contributed by atoms with van der Waals surface area (Å²) in [5.41, 5.74) is 0. The van der Waals surface area contributed by atoms with Gasteiger partial charge in [0.05, 0.1) is 0 Å². The van der Waals surface area contributed by atoms with E-state index in [9.17, 15) is 0 Å². The molecular weight excluding hydrogens is 161 g/mol. The summed E-state index contributed by atoms with van der Waals surface area (Å²) < 4.78 is 34.1. The largest absolute Gasteiger partial charge is 0.759 e. The average Bonchev–Trinajstić information content (AvgIpc) is 0.722. The molecule has 0 aromatic carbocycles. The van der Waals surface area contributed by atoms with Gasteiger partial charge in [-0.1, -0.05) is 0 Å². The first-order valence-electron chi connectivity index (χ1n) is 0.667. The zero-order chi connectivity index (χ0) is 4.50. The Morgan fingerprint density at radius 3 is 1.17 bits per heavy atom. The Kier molecular flexibility index (Phi) is 4.25. The SMILES string of the molecule is O=S(=O)([O-])[O-].[Zn]. The van der Waals surface area contributed by atoms with Crippen LogP contribution in [0.4, 0.5) is 0 Å². The fraction of sp³-hybridized carbons (Fsp3) is 0. The van der Waals surface area contributed by atoms with Gasteiger partial charge in [0.2, 0.25) is 0 Å². The second-order valence-electron chi connectivity index (χ2n) is 0.408. The van der Waals surface area contributed by atoms with Crippen LogP contribution in [0, 0.1) is 0 Å². The molecule has 0 aliphatic rings. The minimum atomic E-state index is -5.17. The second-order valence-corrected chi connectivity index (χ2v) is 1.22. The van der Waals surface area contributed by atoms with Gasteiger partial charge < -0.3 is 9.11 Å². The molecule has 0 bridgehead atoms. The van der Waals surface area contributed by atoms with Crippen molar-refractivity contribution in [1.29, 1.82) is 0 Å². The van der Waals surface area contributed by atoms with Crippen molar-refractivity contribution in [2.75, 3.05) is 0 Å². The predicted molar refractivity (Wildman–Crippen MR) is 10.5 cm³/mol. The number of hydrogen-bond acceptors (Lipinski definition) is 4. The van der Waals surface area contributed by atoms with Crippen LogP contribution in [-0.2, 0) is 29.9 Å². The zero-order valence-corrected chi connectivity index (χ0v) is 6.53. The van der Waals surface area contributed by atoms with Gasteiger partial charge in [-0.3, -0.25) is 8.42 Å². The zero-order valence-electron chi connectivity index (χ0n) is 2.75. The number of rotatable bonds is 0. The molecule has 0 rings (SSSR count). The van der Waals surface area contributed by atoms with Gasteiger partial charge in [0, 0.05) is 29.9 Å². The Morgan fingerprint density at radius 1 is 1.17 bits per heavy atom. The minimum absolute atomic E-state index is 0. The maximum Gasteiger partial charge on any atom is 0.0311 e. The maximum absolute atomic E-state index is 8.52. The Hall–Kier alpha value is 0.493. The van der Waals surface area contributed by atoms with Crippen molar-refractivity contribution >= 4 is 10.4 Å². The number of hydrogen-bond donors (Lipinski definition) is 0. The van der Waals surface area contributed by atoms with Crippen LogP contribution in [0.1, 0.15) is 0 Å². The molecule has 0 unspecified atom stereocenters. The Morgan fingerprint density at radius 2 is 1.17 bits per heavy atom. The summed E-state index contributed by atoms with van der Waals surface area (Å²) in [6, 6.07) is 0. The van der Waals surface area contributed by atoms with Crippen LogP contribution >= 0.6 is 0 Å². The molecule has 0 amide bonds. The quantitative estimate of drug-likeness (QED) is 0.250. The summed E-state index contributed by atoms with van der Waals surface area (Å²) in [6.07, 6.45) is 0. The van der Waals surface area contributed by atoms with E-state index in [1.165, 1.54) is 0 Å². The van der Waals surface area contributed by atoms with E-state index in [4.69, 9.17) is 17.5 Å². The molecule has 0 atom stereocenters. The van der Waals surface area contributed by atoms with Crippen molar-refractivity contribution < 1.29 is 37.0 Å². The molecule has 0 aromatic rings. The van der Waals surface area contributed by atoms with Crippen LogP contribution in [0.2, 0.25) is 0 Å². The summed E-state index contributed by atoms with van der Waals surface area (Å²) in [5, 5.41) is 0. The van der Waals surface area contributed by atoms with Gasteiger partial charge in [-0.15, -0.1) is 0 Å². The first-order valence-corrected chi connectivity index (χ1v) is 2.00. The third kappa shape index (κ3) is 225. The molecule has 4 nitrogen and oxygen atoms in total. The minimum Gasteiger partial charge on any atom is -0.759 e. The van der Waals surface area contributed by atoms with Crippen molar-refractivity contribution in [1.82, 2.24) is 0 Å². The Balaban J connectivity index is 0. The van der Waals surface area contributed by atoms with E-state index in [2.05, 4.69) is 0 Å². The molecule has 0 heterocycles. The molecule has 6 heavy (non-hydrogen) atoms. The van der Waals surface area contributed by atoms with Gasteiger partial charge in [-0.25, -0.2) is 0 Å². The van der Waals surface area contributed by atoms with E-state index in [1.807, 2.05) is 0 Å². The van der Waals surface area contributed by atoms with E-state index >= 15 is 0 Å². The summed E-state index contributed by atoms with van der Waals surface area (Å²) in [5.74, 6) is 0. The molecule has 0 fully saturated rings. The molecule has 0 aliphatic heterocycles. The van der Waals surface area contributed by atoms with Gasteiger partial charge in [0.25, 0.3) is 0 Å². The summed E-state index contributed by atoms with van der Waals surface area (Å²) in [6.45, 7) is 0. The molecule has 6 heteroatoms. The summed E-state index contributed by atoms with van der Waals surface area (Å²) in [4.78, 5) is 0. The van der Waals surface area contributed by atoms with E-state index in [0.717, 1.165) is 0 Å². The molecule has 0 aliphatic carbocycles. The third-order valence-corrected chi connectivity index (χ3v) is 0. The van der Waals surface area contributed by atoms with Crippen molar-refractivity contribution in [2.24, 2.45) is 0 Å². The molecule has 0 saturated carbocycles. The van der Waals surface area contributed by atoms with Gasteiger partial charge in [0.1, 0.15) is 0 Å². The smallest absolute Gasteiger partial charge is 0.0311 e. The molecular formula is O4SZn-2. The van der Waals surface area contributed by atoms with Crippen LogP contribution in [0.15, 0.2) is 0 Å². The normalized spacial score (nSPS) is 9.67. The first-order chi connectivity index (χ1) is 2.00. The topological polar surface area (TPSA) is 80.3 Å². The molecule has 0 spiro atoms. The fourth-order valence-electron chi connectivity index (χ4n) is 0. The van der Waals surface area contributed by atoms with E-state index < -0.39 is 10.4 Å². The van der Waals surface area contributed by atoms with Crippen LogP contribution in [0.3, 0.4) is 0 Å². The first kappa shape index (κ1) is 9.71. The summed E-state index contributed by atoms with van der Waals surface area (Å²) >= 11 is 0. The summed E-state index contributed by atoms with van der Waals surface area (Å²) in [7, 11) is -5.17. The van der Waals surface area contributed by atoms with Gasteiger partial charge in [-0.05, 0) is 0 Å². The molecule has 0 saturated heterocycles. The van der Waals surface area contributed by atoms with Crippen molar-refractivity contribution in [3.8, 4) is 0 Å². The predicted octanol–water partition coefficient (Wildman–Crippen LogP) is -1.34. The van der Waals surface area contributed by atoms with Crippen molar-refractivity contribution in [3.63, 3.8) is 0 Å². The van der Waals surface area contributed by atoms with Gasteiger partial charge >= 0.3 is 0 Å².